The van der Waals surface area contributed by atoms with Crippen molar-refractivity contribution in [2.75, 3.05) is 30.5 Å². The molecule has 0 aliphatic carbocycles. The maximum absolute atomic E-state index is 12.4. The van der Waals surface area contributed by atoms with Crippen molar-refractivity contribution in [3.05, 3.63) is 66.2 Å². The summed E-state index contributed by atoms with van der Waals surface area (Å²) in [7, 11) is -0.326. The molecule has 4 aromatic rings. The third kappa shape index (κ3) is 4.94. The van der Waals surface area contributed by atoms with Crippen molar-refractivity contribution in [2.24, 2.45) is 0 Å². The Hall–Kier alpha value is -3.56. The van der Waals surface area contributed by atoms with Crippen LogP contribution in [0.5, 0.6) is 5.75 Å². The van der Waals surface area contributed by atoms with E-state index in [2.05, 4.69) is 15.4 Å². The summed E-state index contributed by atoms with van der Waals surface area (Å²) in [5, 5.41) is 7.71. The van der Waals surface area contributed by atoms with Crippen LogP contribution in [0.1, 0.15) is 10.4 Å². The molecule has 0 aliphatic heterocycles. The minimum absolute atomic E-state index is 0. The molecule has 1 amide bonds. The molecule has 3 aromatic carbocycles. The summed E-state index contributed by atoms with van der Waals surface area (Å²) in [5.41, 5.74) is 3.56. The molecule has 0 saturated carbocycles. The SMILES string of the molecule is CNC(=O)c1cccc2c(Nc3ccc(NS(C)(=O)=O)cc3OC)c3ccccc3nc12.Cl. The number of methoxy groups -OCH3 is 1. The van der Waals surface area contributed by atoms with Gasteiger partial charge in [0.1, 0.15) is 5.75 Å². The molecular weight excluding hydrogens is 464 g/mol. The molecule has 10 heteroatoms. The fourth-order valence-electron chi connectivity index (χ4n) is 3.57. The molecule has 0 radical (unpaired) electrons. The van der Waals surface area contributed by atoms with Gasteiger partial charge in [-0.15, -0.1) is 12.4 Å². The second-order valence-corrected chi connectivity index (χ2v) is 8.95. The highest BCUT2D eigenvalue weighted by molar-refractivity contribution is 7.92. The molecule has 1 aromatic heterocycles. The first-order valence-electron chi connectivity index (χ1n) is 9.77. The zero-order chi connectivity index (χ0) is 22.9. The van der Waals surface area contributed by atoms with Crippen LogP contribution in [0.3, 0.4) is 0 Å². The number of ether oxygens (including phenoxy) is 1. The molecule has 0 saturated heterocycles. The maximum Gasteiger partial charge on any atom is 0.253 e. The summed E-state index contributed by atoms with van der Waals surface area (Å²) in [6.45, 7) is 0. The Morgan fingerprint density at radius 1 is 1.00 bits per heavy atom. The van der Waals surface area contributed by atoms with Crippen molar-refractivity contribution in [3.63, 3.8) is 0 Å². The van der Waals surface area contributed by atoms with Gasteiger partial charge in [0.15, 0.2) is 0 Å². The van der Waals surface area contributed by atoms with E-state index >= 15 is 0 Å². The molecule has 0 fully saturated rings. The summed E-state index contributed by atoms with van der Waals surface area (Å²) < 4.78 is 31.1. The Balaban J connectivity index is 0.00000306. The van der Waals surface area contributed by atoms with Crippen LogP contribution in [0, 0.1) is 0 Å². The van der Waals surface area contributed by atoms with Gasteiger partial charge in [-0.2, -0.15) is 0 Å². The number of amides is 1. The number of hydrogen-bond donors (Lipinski definition) is 3. The third-order valence-electron chi connectivity index (χ3n) is 4.95. The zero-order valence-electron chi connectivity index (χ0n) is 18.2. The summed E-state index contributed by atoms with van der Waals surface area (Å²) in [6, 6.07) is 18.1. The number of para-hydroxylation sites is 2. The highest BCUT2D eigenvalue weighted by atomic mass is 35.5. The van der Waals surface area contributed by atoms with Crippen LogP contribution in [0.25, 0.3) is 21.8 Å². The van der Waals surface area contributed by atoms with Crippen molar-refractivity contribution >= 4 is 67.2 Å². The van der Waals surface area contributed by atoms with Crippen LogP contribution in [0.15, 0.2) is 60.7 Å². The number of anilines is 3. The molecule has 0 spiro atoms. The molecule has 4 rings (SSSR count). The number of carbonyl (C=O) groups excluding carboxylic acids is 1. The summed E-state index contributed by atoms with van der Waals surface area (Å²) >= 11 is 0. The Morgan fingerprint density at radius 2 is 1.73 bits per heavy atom. The second kappa shape index (κ2) is 9.51. The van der Waals surface area contributed by atoms with Gasteiger partial charge in [-0.25, -0.2) is 13.4 Å². The van der Waals surface area contributed by atoms with Crippen molar-refractivity contribution < 1.29 is 17.9 Å². The van der Waals surface area contributed by atoms with Crippen LogP contribution in [-0.4, -0.2) is 39.7 Å². The molecule has 0 atom stereocenters. The number of aromatic nitrogens is 1. The van der Waals surface area contributed by atoms with Gasteiger partial charge in [-0.3, -0.25) is 9.52 Å². The van der Waals surface area contributed by atoms with E-state index < -0.39 is 10.0 Å². The fourth-order valence-corrected chi connectivity index (χ4v) is 4.13. The van der Waals surface area contributed by atoms with E-state index in [9.17, 15) is 13.2 Å². The maximum atomic E-state index is 12.4. The summed E-state index contributed by atoms with van der Waals surface area (Å²) in [6.07, 6.45) is 1.09. The van der Waals surface area contributed by atoms with E-state index in [0.717, 1.165) is 28.2 Å². The standard InChI is InChI=1S/C23H22N4O4S.ClH/c1-24-23(28)17-9-6-8-16-21(15-7-4-5-10-18(15)25-22(16)17)26-19-12-11-14(13-20(19)31-2)27-32(3,29)30;/h4-13,27H,1-3H3,(H,24,28)(H,25,26);1H. The lowest BCUT2D eigenvalue weighted by atomic mass is 10.0. The highest BCUT2D eigenvalue weighted by Gasteiger charge is 2.17. The summed E-state index contributed by atoms with van der Waals surface area (Å²) in [4.78, 5) is 17.2. The number of benzene rings is 3. The first kappa shape index (κ1) is 24.1. The number of halogens is 1. The van der Waals surface area contributed by atoms with Crippen LogP contribution in [0.4, 0.5) is 17.1 Å². The molecule has 8 nitrogen and oxygen atoms in total. The second-order valence-electron chi connectivity index (χ2n) is 7.20. The lowest BCUT2D eigenvalue weighted by Gasteiger charge is -2.17. The molecule has 0 unspecified atom stereocenters. The van der Waals surface area contributed by atoms with E-state index in [4.69, 9.17) is 9.72 Å². The topological polar surface area (TPSA) is 109 Å². The average Bonchev–Trinajstić information content (AvgIpc) is 2.77. The number of pyridine rings is 1. The molecule has 0 aliphatic rings. The van der Waals surface area contributed by atoms with Gasteiger partial charge in [0, 0.05) is 23.9 Å². The van der Waals surface area contributed by atoms with Crippen molar-refractivity contribution in [1.29, 1.82) is 0 Å². The van der Waals surface area contributed by atoms with Crippen LogP contribution >= 0.6 is 12.4 Å². The Bertz CT molecular complexity index is 1460. The molecular formula is C23H23ClN4O4S. The molecule has 172 valence electrons. The van der Waals surface area contributed by atoms with Gasteiger partial charge < -0.3 is 15.4 Å². The minimum atomic E-state index is -3.42. The van der Waals surface area contributed by atoms with Crippen molar-refractivity contribution in [1.82, 2.24) is 10.3 Å². The number of nitrogens with zero attached hydrogens (tertiary/aromatic N) is 1. The predicted octanol–water partition coefficient (Wildman–Crippen LogP) is 4.29. The largest absolute Gasteiger partial charge is 0.494 e. The average molecular weight is 487 g/mol. The number of carbonyl (C=O) groups is 1. The smallest absolute Gasteiger partial charge is 0.253 e. The number of rotatable bonds is 6. The Labute approximate surface area is 197 Å². The van der Waals surface area contributed by atoms with Gasteiger partial charge >= 0.3 is 0 Å². The monoisotopic (exact) mass is 486 g/mol. The van der Waals surface area contributed by atoms with E-state index in [0.29, 0.717) is 28.2 Å². The third-order valence-corrected chi connectivity index (χ3v) is 5.55. The van der Waals surface area contributed by atoms with Gasteiger partial charge in [0.05, 0.1) is 47.0 Å². The van der Waals surface area contributed by atoms with Crippen molar-refractivity contribution in [2.45, 2.75) is 0 Å². The molecule has 33 heavy (non-hydrogen) atoms. The number of hydrogen-bond acceptors (Lipinski definition) is 6. The van der Waals surface area contributed by atoms with E-state index in [-0.39, 0.29) is 18.3 Å². The summed E-state index contributed by atoms with van der Waals surface area (Å²) in [5.74, 6) is 0.230. The zero-order valence-corrected chi connectivity index (χ0v) is 19.8. The Morgan fingerprint density at radius 3 is 2.42 bits per heavy atom. The normalized spacial score (nSPS) is 11.0. The number of sulfonamides is 1. The molecule has 3 N–H and O–H groups in total. The first-order valence-corrected chi connectivity index (χ1v) is 11.7. The lowest BCUT2D eigenvalue weighted by molar-refractivity contribution is 0.0964. The highest BCUT2D eigenvalue weighted by Crippen LogP contribution is 2.37. The first-order chi connectivity index (χ1) is 15.3. The van der Waals surface area contributed by atoms with E-state index in [1.807, 2.05) is 36.4 Å². The lowest BCUT2D eigenvalue weighted by Crippen LogP contribution is -2.18. The van der Waals surface area contributed by atoms with E-state index in [1.165, 1.54) is 7.11 Å². The number of fused-ring (bicyclic) bond motifs is 2. The Kier molecular flexibility index (Phi) is 6.95. The van der Waals surface area contributed by atoms with Crippen LogP contribution in [0.2, 0.25) is 0 Å². The van der Waals surface area contributed by atoms with Gasteiger partial charge in [-0.1, -0.05) is 30.3 Å². The molecule has 1 heterocycles. The van der Waals surface area contributed by atoms with Gasteiger partial charge in [0.2, 0.25) is 10.0 Å². The quantitative estimate of drug-likeness (QED) is 0.351. The number of nitrogens with one attached hydrogen (secondary N) is 3. The van der Waals surface area contributed by atoms with Gasteiger partial charge in [-0.05, 0) is 24.3 Å². The van der Waals surface area contributed by atoms with Gasteiger partial charge in [0.25, 0.3) is 5.91 Å². The van der Waals surface area contributed by atoms with Crippen LogP contribution < -0.4 is 20.1 Å². The van der Waals surface area contributed by atoms with Crippen molar-refractivity contribution in [3.8, 4) is 5.75 Å². The van der Waals surface area contributed by atoms with Crippen LogP contribution in [-0.2, 0) is 10.0 Å². The van der Waals surface area contributed by atoms with E-state index in [1.54, 1.807) is 31.3 Å². The fraction of sp³-hybridized carbons (Fsp3) is 0.130. The minimum Gasteiger partial charge on any atom is -0.494 e. The predicted molar refractivity (Wildman–Crippen MR) is 135 cm³/mol. The molecule has 0 bridgehead atoms.